The van der Waals surface area contributed by atoms with Gasteiger partial charge in [-0.05, 0) is 0 Å². The lowest BCUT2D eigenvalue weighted by atomic mass is 10.9. The summed E-state index contributed by atoms with van der Waals surface area (Å²) in [4.78, 5) is 9.28. The summed E-state index contributed by atoms with van der Waals surface area (Å²) >= 11 is -2.61. The van der Waals surface area contributed by atoms with Gasteiger partial charge in [-0.2, -0.15) is 12.6 Å². The summed E-state index contributed by atoms with van der Waals surface area (Å²) in [5.74, 6) is -0.812. The van der Waals surface area contributed by atoms with Crippen molar-refractivity contribution < 1.29 is 31.1 Å². The summed E-state index contributed by atoms with van der Waals surface area (Å²) in [6, 6.07) is 0. The van der Waals surface area contributed by atoms with E-state index in [1.807, 2.05) is 0 Å². The van der Waals surface area contributed by atoms with Crippen LogP contribution in [0.2, 0.25) is 0 Å². The zero-order valence-corrected chi connectivity index (χ0v) is 6.71. The first-order chi connectivity index (χ1) is 4.79. The molecule has 0 spiro atoms. The van der Waals surface area contributed by atoms with Crippen LogP contribution in [0, 0.1) is 0 Å². The van der Waals surface area contributed by atoms with Gasteiger partial charge in [-0.1, -0.05) is 0 Å². The van der Waals surface area contributed by atoms with Crippen LogP contribution in [0.25, 0.3) is 0 Å². The number of hydrogen-bond donors (Lipinski definition) is 3. The van der Waals surface area contributed by atoms with E-state index in [9.17, 15) is 13.2 Å². The van der Waals surface area contributed by atoms with E-state index in [1.165, 1.54) is 0 Å². The second-order valence-electron chi connectivity index (χ2n) is 1.15. The van der Waals surface area contributed by atoms with Crippen LogP contribution in [0.4, 0.5) is 0 Å². The summed E-state index contributed by atoms with van der Waals surface area (Å²) in [6.45, 7) is 0. The number of aldehydes is 1. The minimum Gasteiger partial charge on any atom is -0.302 e. The zero-order chi connectivity index (χ0) is 9.49. The predicted molar refractivity (Wildman–Crippen MR) is 35.9 cm³/mol. The highest BCUT2D eigenvalue weighted by Gasteiger charge is 1.98. The fraction of sp³-hybridized carbons (Fsp3) is 0.500. The van der Waals surface area contributed by atoms with E-state index in [2.05, 4.69) is 0 Å². The Kier molecular flexibility index (Phi) is 7.67. The molecule has 0 fully saturated rings. The van der Waals surface area contributed by atoms with Crippen molar-refractivity contribution in [3.05, 3.63) is 0 Å². The third-order valence-corrected chi connectivity index (χ3v) is 0.836. The smallest absolute Gasteiger partial charge is 0.299 e. The molecule has 0 bridgehead atoms. The number of carbonyl (C=O) groups excluding carboxylic acids is 1. The molecule has 7 nitrogen and oxygen atoms in total. The molecule has 9 heteroatoms. The van der Waals surface area contributed by atoms with Gasteiger partial charge in [0, 0.05) is 0 Å². The van der Waals surface area contributed by atoms with Crippen LogP contribution >= 0.6 is 0 Å². The van der Waals surface area contributed by atoms with Crippen molar-refractivity contribution in [1.82, 2.24) is 0 Å². The molecule has 0 aromatic rings. The van der Waals surface area contributed by atoms with Crippen molar-refractivity contribution in [1.29, 1.82) is 0 Å². The van der Waals surface area contributed by atoms with Crippen LogP contribution in [0.5, 0.6) is 0 Å². The second kappa shape index (κ2) is 6.37. The molecule has 0 aliphatic rings. The number of hydrogen-bond acceptors (Lipinski definition) is 4. The Labute approximate surface area is 65.3 Å². The Morgan fingerprint density at radius 3 is 1.64 bits per heavy atom. The van der Waals surface area contributed by atoms with Crippen molar-refractivity contribution >= 4 is 27.8 Å². The molecule has 0 saturated carbocycles. The van der Waals surface area contributed by atoms with Gasteiger partial charge in [0.25, 0.3) is 21.5 Å². The molecular weight excluding hydrogens is 200 g/mol. The van der Waals surface area contributed by atoms with Crippen LogP contribution in [0.15, 0.2) is 0 Å². The van der Waals surface area contributed by atoms with Gasteiger partial charge >= 0.3 is 0 Å². The van der Waals surface area contributed by atoms with Crippen LogP contribution in [-0.4, -0.2) is 38.3 Å². The van der Waals surface area contributed by atoms with Gasteiger partial charge in [-0.3, -0.25) is 13.7 Å². The van der Waals surface area contributed by atoms with Crippen molar-refractivity contribution in [2.24, 2.45) is 0 Å². The highest BCUT2D eigenvalue weighted by molar-refractivity contribution is 7.86. The van der Waals surface area contributed by atoms with Crippen molar-refractivity contribution in [3.63, 3.8) is 0 Å². The molecule has 0 aromatic heterocycles. The van der Waals surface area contributed by atoms with Gasteiger partial charge in [0.2, 0.25) is 0 Å². The highest BCUT2D eigenvalue weighted by Crippen LogP contribution is 1.72. The van der Waals surface area contributed by atoms with Crippen molar-refractivity contribution in [2.45, 2.75) is 0 Å². The molecule has 0 amide bonds. The van der Waals surface area contributed by atoms with Gasteiger partial charge in [0.05, 0.1) is 0 Å². The number of carbonyl (C=O) groups is 1. The quantitative estimate of drug-likeness (QED) is 0.292. The standard InChI is InChI=1S/C2H4O4S.H2O3S/c3-1-2-7(4,5)6;1-4(2)3/h1H,2H2,(H,4,5,6);(H2,1,2,3). The molecule has 0 aromatic carbocycles. The topological polar surface area (TPSA) is 129 Å². The second-order valence-corrected chi connectivity index (χ2v) is 3.10. The maximum absolute atomic E-state index is 9.56. The van der Waals surface area contributed by atoms with E-state index in [0.717, 1.165) is 0 Å². The van der Waals surface area contributed by atoms with Gasteiger partial charge in [-0.25, -0.2) is 0 Å². The molecule has 11 heavy (non-hydrogen) atoms. The van der Waals surface area contributed by atoms with Crippen molar-refractivity contribution in [3.8, 4) is 0 Å². The third kappa shape index (κ3) is 42.4. The van der Waals surface area contributed by atoms with Gasteiger partial charge in [-0.15, -0.1) is 0 Å². The molecule has 3 N–H and O–H groups in total. The first-order valence-corrected chi connectivity index (χ1v) is 4.65. The predicted octanol–water partition coefficient (Wildman–Crippen LogP) is -1.25. The van der Waals surface area contributed by atoms with Gasteiger partial charge < -0.3 is 4.79 Å². The normalized spacial score (nSPS) is 10.2. The SMILES string of the molecule is O=CCS(=O)(=O)O.O=S(O)O. The molecule has 0 rings (SSSR count). The van der Waals surface area contributed by atoms with Gasteiger partial charge in [0.15, 0.2) is 0 Å². The Hall–Kier alpha value is -0.350. The van der Waals surface area contributed by atoms with E-state index in [1.54, 1.807) is 0 Å². The molecule has 68 valence electrons. The van der Waals surface area contributed by atoms with E-state index >= 15 is 0 Å². The van der Waals surface area contributed by atoms with E-state index in [0.29, 0.717) is 0 Å². The molecule has 0 unspecified atom stereocenters. The maximum atomic E-state index is 9.56. The zero-order valence-electron chi connectivity index (χ0n) is 5.08. The van der Waals surface area contributed by atoms with Gasteiger partial charge in [0.1, 0.15) is 12.0 Å². The lowest BCUT2D eigenvalue weighted by molar-refractivity contribution is -0.105. The monoisotopic (exact) mass is 206 g/mol. The van der Waals surface area contributed by atoms with Crippen LogP contribution in [-0.2, 0) is 26.3 Å². The Morgan fingerprint density at radius 2 is 1.64 bits per heavy atom. The fourth-order valence-electron chi connectivity index (χ4n) is 0.0860. The van der Waals surface area contributed by atoms with E-state index in [-0.39, 0.29) is 6.29 Å². The lowest BCUT2D eigenvalue weighted by Gasteiger charge is -1.79. The van der Waals surface area contributed by atoms with E-state index in [4.69, 9.17) is 17.9 Å². The van der Waals surface area contributed by atoms with Crippen molar-refractivity contribution in [2.75, 3.05) is 5.75 Å². The Morgan fingerprint density at radius 1 is 1.36 bits per heavy atom. The summed E-state index contributed by atoms with van der Waals surface area (Å²) in [5.41, 5.74) is 0. The third-order valence-electron chi connectivity index (χ3n) is 0.279. The summed E-state index contributed by atoms with van der Waals surface area (Å²) in [7, 11) is -4.04. The first kappa shape index (κ1) is 13.3. The minimum atomic E-state index is -4.04. The molecular formula is C2H6O7S2. The summed E-state index contributed by atoms with van der Waals surface area (Å²) in [6.07, 6.45) is 0.120. The molecule has 0 heterocycles. The summed E-state index contributed by atoms with van der Waals surface area (Å²) < 4.78 is 49.7. The average Bonchev–Trinajstić information content (AvgIpc) is 1.58. The number of rotatable bonds is 2. The molecule has 0 saturated heterocycles. The molecule has 0 aliphatic carbocycles. The highest BCUT2D eigenvalue weighted by atomic mass is 32.2. The Bertz CT molecular complexity index is 211. The minimum absolute atomic E-state index is 0.120. The first-order valence-electron chi connectivity index (χ1n) is 1.98. The van der Waals surface area contributed by atoms with Crippen LogP contribution in [0.3, 0.4) is 0 Å². The van der Waals surface area contributed by atoms with Crippen LogP contribution < -0.4 is 0 Å². The molecule has 0 radical (unpaired) electrons. The van der Waals surface area contributed by atoms with Crippen LogP contribution in [0.1, 0.15) is 0 Å². The average molecular weight is 206 g/mol. The Balaban J connectivity index is 0. The summed E-state index contributed by atoms with van der Waals surface area (Å²) in [5, 5.41) is 0. The molecule has 0 aliphatic heterocycles. The largest absolute Gasteiger partial charge is 0.302 e. The van der Waals surface area contributed by atoms with E-state index < -0.39 is 27.2 Å². The molecule has 0 atom stereocenters. The lowest BCUT2D eigenvalue weighted by Crippen LogP contribution is -2.03. The fourth-order valence-corrected chi connectivity index (χ4v) is 0.258. The maximum Gasteiger partial charge on any atom is 0.299 e.